The molecule has 1 aromatic rings. The number of hydrogen-bond acceptors (Lipinski definition) is 2. The maximum Gasteiger partial charge on any atom is 0.0185 e. The van der Waals surface area contributed by atoms with Crippen LogP contribution in [0.15, 0.2) is 30.3 Å². The van der Waals surface area contributed by atoms with Crippen LogP contribution in [0.25, 0.3) is 0 Å². The summed E-state index contributed by atoms with van der Waals surface area (Å²) in [6.45, 7) is 2.09. The van der Waals surface area contributed by atoms with Crippen molar-refractivity contribution >= 4 is 0 Å². The minimum Gasteiger partial charge on any atom is -0.271 e. The fourth-order valence-corrected chi connectivity index (χ4v) is 1.11. The van der Waals surface area contributed by atoms with Gasteiger partial charge in [-0.1, -0.05) is 30.3 Å². The number of hydrogen-bond donors (Lipinski definition) is 2. The number of benzene rings is 1. The van der Waals surface area contributed by atoms with E-state index in [0.29, 0.717) is 6.04 Å². The first-order valence-corrected chi connectivity index (χ1v) is 4.33. The molecule has 0 heterocycles. The van der Waals surface area contributed by atoms with Crippen molar-refractivity contribution in [2.24, 2.45) is 5.84 Å². The van der Waals surface area contributed by atoms with Crippen molar-refractivity contribution in [2.75, 3.05) is 0 Å². The van der Waals surface area contributed by atoms with Gasteiger partial charge in [-0.05, 0) is 25.3 Å². The van der Waals surface area contributed by atoms with Gasteiger partial charge in [-0.2, -0.15) is 0 Å². The van der Waals surface area contributed by atoms with Crippen molar-refractivity contribution in [1.29, 1.82) is 0 Å². The van der Waals surface area contributed by atoms with Crippen molar-refractivity contribution < 1.29 is 0 Å². The zero-order chi connectivity index (χ0) is 8.81. The van der Waals surface area contributed by atoms with Gasteiger partial charge in [0.2, 0.25) is 0 Å². The molecule has 0 spiro atoms. The summed E-state index contributed by atoms with van der Waals surface area (Å²) in [4.78, 5) is 0. The van der Waals surface area contributed by atoms with Crippen LogP contribution in [0.2, 0.25) is 0 Å². The fraction of sp³-hybridized carbons (Fsp3) is 0.400. The third-order valence-electron chi connectivity index (χ3n) is 1.99. The second-order valence-electron chi connectivity index (χ2n) is 3.09. The van der Waals surface area contributed by atoms with Gasteiger partial charge in [0.05, 0.1) is 0 Å². The maximum absolute atomic E-state index is 5.29. The molecule has 0 radical (unpaired) electrons. The normalized spacial score (nSPS) is 12.8. The lowest BCUT2D eigenvalue weighted by Crippen LogP contribution is -2.32. The lowest BCUT2D eigenvalue weighted by molar-refractivity contribution is 0.532. The maximum atomic E-state index is 5.29. The van der Waals surface area contributed by atoms with Gasteiger partial charge in [0.25, 0.3) is 0 Å². The zero-order valence-corrected chi connectivity index (χ0v) is 7.46. The molecule has 3 N–H and O–H groups in total. The molecule has 12 heavy (non-hydrogen) atoms. The minimum atomic E-state index is 0.394. The molecule has 0 aromatic heterocycles. The average molecular weight is 164 g/mol. The van der Waals surface area contributed by atoms with Gasteiger partial charge in [0.1, 0.15) is 0 Å². The predicted octanol–water partition coefficient (Wildman–Crippen LogP) is 1.47. The summed E-state index contributed by atoms with van der Waals surface area (Å²) in [7, 11) is 0. The van der Waals surface area contributed by atoms with Crippen LogP contribution in [0.1, 0.15) is 18.9 Å². The first kappa shape index (κ1) is 9.23. The van der Waals surface area contributed by atoms with Crippen molar-refractivity contribution in [2.45, 2.75) is 25.8 Å². The number of nitrogens with two attached hydrogens (primary N) is 1. The molecule has 0 aliphatic carbocycles. The van der Waals surface area contributed by atoms with Crippen LogP contribution in [-0.4, -0.2) is 6.04 Å². The number of aryl methyl sites for hydroxylation is 1. The first-order valence-electron chi connectivity index (χ1n) is 4.33. The first-order chi connectivity index (χ1) is 5.83. The lowest BCUT2D eigenvalue weighted by Gasteiger charge is -2.08. The Morgan fingerprint density at radius 1 is 1.33 bits per heavy atom. The van der Waals surface area contributed by atoms with Crippen LogP contribution >= 0.6 is 0 Å². The topological polar surface area (TPSA) is 38.0 Å². The molecule has 0 saturated heterocycles. The molecule has 1 rings (SSSR count). The Morgan fingerprint density at radius 2 is 2.00 bits per heavy atom. The molecule has 1 atom stereocenters. The lowest BCUT2D eigenvalue weighted by atomic mass is 10.1. The second-order valence-corrected chi connectivity index (χ2v) is 3.09. The number of nitrogens with one attached hydrogen (secondary N) is 1. The van der Waals surface area contributed by atoms with Crippen LogP contribution in [0.4, 0.5) is 0 Å². The Kier molecular flexibility index (Phi) is 3.77. The molecule has 0 amide bonds. The quantitative estimate of drug-likeness (QED) is 0.522. The molecule has 66 valence electrons. The molecule has 2 nitrogen and oxygen atoms in total. The highest BCUT2D eigenvalue weighted by molar-refractivity contribution is 5.14. The van der Waals surface area contributed by atoms with Gasteiger partial charge in [-0.15, -0.1) is 0 Å². The smallest absolute Gasteiger partial charge is 0.0185 e. The van der Waals surface area contributed by atoms with E-state index in [9.17, 15) is 0 Å². The van der Waals surface area contributed by atoms with E-state index in [4.69, 9.17) is 5.84 Å². The summed E-state index contributed by atoms with van der Waals surface area (Å²) in [6, 6.07) is 10.8. The Bertz CT molecular complexity index is 208. The number of hydrazine groups is 1. The molecule has 0 aliphatic heterocycles. The van der Waals surface area contributed by atoms with Gasteiger partial charge < -0.3 is 0 Å². The van der Waals surface area contributed by atoms with E-state index >= 15 is 0 Å². The van der Waals surface area contributed by atoms with E-state index in [1.807, 2.05) is 6.07 Å². The summed E-state index contributed by atoms with van der Waals surface area (Å²) in [6.07, 6.45) is 2.17. The summed E-state index contributed by atoms with van der Waals surface area (Å²) in [5.41, 5.74) is 4.11. The van der Waals surface area contributed by atoms with E-state index < -0.39 is 0 Å². The van der Waals surface area contributed by atoms with E-state index in [0.717, 1.165) is 12.8 Å². The summed E-state index contributed by atoms with van der Waals surface area (Å²) >= 11 is 0. The molecule has 0 fully saturated rings. The Balaban J connectivity index is 2.33. The van der Waals surface area contributed by atoms with Crippen molar-refractivity contribution in [1.82, 2.24) is 5.43 Å². The van der Waals surface area contributed by atoms with Crippen LogP contribution < -0.4 is 11.3 Å². The average Bonchev–Trinajstić information content (AvgIpc) is 2.16. The van der Waals surface area contributed by atoms with Gasteiger partial charge in [0.15, 0.2) is 0 Å². The van der Waals surface area contributed by atoms with E-state index in [2.05, 4.69) is 36.6 Å². The Hall–Kier alpha value is -0.860. The summed E-state index contributed by atoms with van der Waals surface area (Å²) in [5.74, 6) is 5.29. The van der Waals surface area contributed by atoms with Crippen molar-refractivity contribution in [3.05, 3.63) is 35.9 Å². The highest BCUT2D eigenvalue weighted by Crippen LogP contribution is 2.03. The van der Waals surface area contributed by atoms with Crippen LogP contribution in [0.3, 0.4) is 0 Å². The molecular formula is C10H16N2. The second kappa shape index (κ2) is 4.91. The van der Waals surface area contributed by atoms with Crippen LogP contribution in [0, 0.1) is 0 Å². The Morgan fingerprint density at radius 3 is 2.58 bits per heavy atom. The van der Waals surface area contributed by atoms with Crippen molar-refractivity contribution in [3.8, 4) is 0 Å². The van der Waals surface area contributed by atoms with E-state index in [1.54, 1.807) is 0 Å². The van der Waals surface area contributed by atoms with Gasteiger partial charge in [-0.25, -0.2) is 0 Å². The largest absolute Gasteiger partial charge is 0.271 e. The van der Waals surface area contributed by atoms with Gasteiger partial charge in [0, 0.05) is 6.04 Å². The summed E-state index contributed by atoms with van der Waals surface area (Å²) in [5, 5.41) is 0. The Labute approximate surface area is 73.8 Å². The molecule has 1 aromatic carbocycles. The van der Waals surface area contributed by atoms with Gasteiger partial charge >= 0.3 is 0 Å². The summed E-state index contributed by atoms with van der Waals surface area (Å²) < 4.78 is 0. The molecule has 2 heteroatoms. The zero-order valence-electron chi connectivity index (χ0n) is 7.46. The number of rotatable bonds is 4. The third kappa shape index (κ3) is 3.03. The van der Waals surface area contributed by atoms with Crippen LogP contribution in [0.5, 0.6) is 0 Å². The highest BCUT2D eigenvalue weighted by Gasteiger charge is 1.98. The monoisotopic (exact) mass is 164 g/mol. The van der Waals surface area contributed by atoms with E-state index in [1.165, 1.54) is 5.56 Å². The minimum absolute atomic E-state index is 0.394. The third-order valence-corrected chi connectivity index (χ3v) is 1.99. The standard InChI is InChI=1S/C10H16N2/c1-9(12-11)7-8-10-5-3-2-4-6-10/h2-6,9,12H,7-8,11H2,1H3. The molecular weight excluding hydrogens is 148 g/mol. The fourth-order valence-electron chi connectivity index (χ4n) is 1.11. The molecule has 0 bridgehead atoms. The van der Waals surface area contributed by atoms with Crippen LogP contribution in [-0.2, 0) is 6.42 Å². The van der Waals surface area contributed by atoms with Gasteiger partial charge in [-0.3, -0.25) is 11.3 Å². The molecule has 0 saturated carbocycles. The van der Waals surface area contributed by atoms with Crippen molar-refractivity contribution in [3.63, 3.8) is 0 Å². The SMILES string of the molecule is CC(CCc1ccccc1)NN. The highest BCUT2D eigenvalue weighted by atomic mass is 15.2. The predicted molar refractivity (Wildman–Crippen MR) is 51.5 cm³/mol. The molecule has 0 aliphatic rings. The van der Waals surface area contributed by atoms with E-state index in [-0.39, 0.29) is 0 Å². The molecule has 1 unspecified atom stereocenters.